The molecule has 5 nitrogen and oxygen atoms in total. The molecule has 1 aromatic heterocycles. The highest BCUT2D eigenvalue weighted by molar-refractivity contribution is 5.62. The van der Waals surface area contributed by atoms with Crippen molar-refractivity contribution in [2.75, 3.05) is 12.3 Å². The molecule has 0 radical (unpaired) electrons. The number of rotatable bonds is 2. The van der Waals surface area contributed by atoms with Gasteiger partial charge in [-0.3, -0.25) is 0 Å². The van der Waals surface area contributed by atoms with E-state index >= 15 is 0 Å². The van der Waals surface area contributed by atoms with Crippen LogP contribution in [-0.4, -0.2) is 17.6 Å². The van der Waals surface area contributed by atoms with Crippen LogP contribution in [0.4, 0.5) is 5.88 Å². The summed E-state index contributed by atoms with van der Waals surface area (Å²) in [6.07, 6.45) is -0.0563. The summed E-state index contributed by atoms with van der Waals surface area (Å²) in [5.41, 5.74) is 8.27. The van der Waals surface area contributed by atoms with Crippen LogP contribution < -0.4 is 5.73 Å². The Morgan fingerprint density at radius 1 is 1.32 bits per heavy atom. The molecule has 1 saturated heterocycles. The van der Waals surface area contributed by atoms with Crippen LogP contribution in [0.2, 0.25) is 0 Å². The molecule has 5 heteroatoms. The minimum atomic E-state index is -0.529. The highest BCUT2D eigenvalue weighted by atomic mass is 16.7. The van der Waals surface area contributed by atoms with E-state index in [9.17, 15) is 0 Å². The largest absolute Gasteiger partial charge is 0.368 e. The first-order chi connectivity index (χ1) is 9.03. The fourth-order valence-corrected chi connectivity index (χ4v) is 2.17. The molecule has 1 fully saturated rings. The van der Waals surface area contributed by atoms with Crippen LogP contribution in [0.5, 0.6) is 0 Å². The van der Waals surface area contributed by atoms with E-state index in [1.807, 2.05) is 38.1 Å². The zero-order chi connectivity index (χ0) is 13.5. The molecule has 0 spiro atoms. The Kier molecular flexibility index (Phi) is 2.80. The number of hydrogen-bond donors (Lipinski definition) is 1. The fraction of sp³-hybridized carbons (Fsp3) is 0.357. The molecular formula is C14H16N2O3. The van der Waals surface area contributed by atoms with E-state index in [-0.39, 0.29) is 6.10 Å². The number of hydrogen-bond acceptors (Lipinski definition) is 5. The lowest BCUT2D eigenvalue weighted by Crippen LogP contribution is -2.19. The van der Waals surface area contributed by atoms with Crippen molar-refractivity contribution in [3.63, 3.8) is 0 Å². The van der Waals surface area contributed by atoms with Gasteiger partial charge < -0.3 is 19.7 Å². The Labute approximate surface area is 111 Å². The fourth-order valence-electron chi connectivity index (χ4n) is 2.17. The summed E-state index contributed by atoms with van der Waals surface area (Å²) >= 11 is 0. The van der Waals surface area contributed by atoms with Gasteiger partial charge in [0.1, 0.15) is 11.8 Å². The maximum absolute atomic E-state index is 5.84. The first-order valence-corrected chi connectivity index (χ1v) is 6.18. The predicted octanol–water partition coefficient (Wildman–Crippen LogP) is 2.75. The van der Waals surface area contributed by atoms with Crippen LogP contribution in [0.25, 0.3) is 11.3 Å². The first kappa shape index (κ1) is 12.2. The van der Waals surface area contributed by atoms with Crippen molar-refractivity contribution in [2.24, 2.45) is 0 Å². The lowest BCUT2D eigenvalue weighted by Gasteiger charge is -2.17. The zero-order valence-electron chi connectivity index (χ0n) is 10.9. The summed E-state index contributed by atoms with van der Waals surface area (Å²) in [4.78, 5) is 0. The highest BCUT2D eigenvalue weighted by Gasteiger charge is 2.33. The number of aromatic nitrogens is 1. The van der Waals surface area contributed by atoms with Gasteiger partial charge in [-0.05, 0) is 25.5 Å². The van der Waals surface area contributed by atoms with E-state index in [2.05, 4.69) is 5.16 Å². The van der Waals surface area contributed by atoms with Crippen molar-refractivity contribution in [1.82, 2.24) is 5.16 Å². The number of nitrogens with zero attached hydrogens (tertiary/aromatic N) is 1. The Balaban J connectivity index is 1.88. The third-order valence-electron chi connectivity index (χ3n) is 3.09. The summed E-state index contributed by atoms with van der Waals surface area (Å²) < 4.78 is 16.3. The maximum Gasteiger partial charge on any atom is 0.222 e. The molecular weight excluding hydrogens is 244 g/mol. The summed E-state index contributed by atoms with van der Waals surface area (Å²) in [5, 5.41) is 3.91. The molecule has 0 aliphatic carbocycles. The van der Waals surface area contributed by atoms with Gasteiger partial charge in [-0.25, -0.2) is 0 Å². The van der Waals surface area contributed by atoms with Gasteiger partial charge in [0.15, 0.2) is 5.79 Å². The number of ether oxygens (including phenoxy) is 2. The quantitative estimate of drug-likeness (QED) is 0.899. The van der Waals surface area contributed by atoms with Gasteiger partial charge in [-0.1, -0.05) is 23.4 Å². The topological polar surface area (TPSA) is 70.5 Å². The van der Waals surface area contributed by atoms with Gasteiger partial charge in [0.05, 0.1) is 6.61 Å². The molecule has 2 heterocycles. The van der Waals surface area contributed by atoms with Crippen molar-refractivity contribution < 1.29 is 14.0 Å². The second-order valence-electron chi connectivity index (χ2n) is 5.06. The molecule has 100 valence electrons. The van der Waals surface area contributed by atoms with Gasteiger partial charge in [0, 0.05) is 11.6 Å². The SMILES string of the molecule is CC1(C)OCC(c2cccc(-c3cc(N)on3)c2)O1. The molecule has 2 aromatic rings. The number of nitrogens with two attached hydrogens (primary N) is 1. The molecule has 2 N–H and O–H groups in total. The van der Waals surface area contributed by atoms with Gasteiger partial charge in [-0.15, -0.1) is 0 Å². The minimum Gasteiger partial charge on any atom is -0.368 e. The van der Waals surface area contributed by atoms with Gasteiger partial charge in [-0.2, -0.15) is 0 Å². The van der Waals surface area contributed by atoms with Crippen molar-refractivity contribution in [3.05, 3.63) is 35.9 Å². The van der Waals surface area contributed by atoms with Crippen molar-refractivity contribution in [1.29, 1.82) is 0 Å². The minimum absolute atomic E-state index is 0.0563. The molecule has 1 aliphatic rings. The Morgan fingerprint density at radius 3 is 2.79 bits per heavy atom. The van der Waals surface area contributed by atoms with Gasteiger partial charge in [0.25, 0.3) is 0 Å². The van der Waals surface area contributed by atoms with E-state index in [0.29, 0.717) is 12.5 Å². The summed E-state index contributed by atoms with van der Waals surface area (Å²) in [6.45, 7) is 4.38. The monoisotopic (exact) mass is 260 g/mol. The second-order valence-corrected chi connectivity index (χ2v) is 5.06. The molecule has 3 rings (SSSR count). The van der Waals surface area contributed by atoms with E-state index in [1.54, 1.807) is 6.07 Å². The Morgan fingerprint density at radius 2 is 2.16 bits per heavy atom. The van der Waals surface area contributed by atoms with Crippen LogP contribution in [0.1, 0.15) is 25.5 Å². The average Bonchev–Trinajstić information content (AvgIpc) is 2.96. The predicted molar refractivity (Wildman–Crippen MR) is 70.2 cm³/mol. The maximum atomic E-state index is 5.84. The molecule has 0 amide bonds. The molecule has 0 bridgehead atoms. The lowest BCUT2D eigenvalue weighted by atomic mass is 10.0. The average molecular weight is 260 g/mol. The summed E-state index contributed by atoms with van der Waals surface area (Å²) in [5.74, 6) is -0.221. The van der Waals surface area contributed by atoms with Crippen LogP contribution >= 0.6 is 0 Å². The van der Waals surface area contributed by atoms with E-state index < -0.39 is 5.79 Å². The van der Waals surface area contributed by atoms with Gasteiger partial charge >= 0.3 is 0 Å². The molecule has 0 saturated carbocycles. The number of nitrogen functional groups attached to an aromatic ring is 1. The normalized spacial score (nSPS) is 21.7. The van der Waals surface area contributed by atoms with E-state index in [0.717, 1.165) is 16.8 Å². The summed E-state index contributed by atoms with van der Waals surface area (Å²) in [7, 11) is 0. The van der Waals surface area contributed by atoms with Crippen LogP contribution in [0, 0.1) is 0 Å². The molecule has 1 unspecified atom stereocenters. The first-order valence-electron chi connectivity index (χ1n) is 6.18. The second kappa shape index (κ2) is 4.36. The molecule has 19 heavy (non-hydrogen) atoms. The van der Waals surface area contributed by atoms with Crippen LogP contribution in [-0.2, 0) is 9.47 Å². The number of benzene rings is 1. The Hall–Kier alpha value is -1.85. The third kappa shape index (κ3) is 2.47. The molecule has 1 aliphatic heterocycles. The van der Waals surface area contributed by atoms with Crippen molar-refractivity contribution in [2.45, 2.75) is 25.7 Å². The van der Waals surface area contributed by atoms with Crippen molar-refractivity contribution >= 4 is 5.88 Å². The van der Waals surface area contributed by atoms with Crippen molar-refractivity contribution in [3.8, 4) is 11.3 Å². The van der Waals surface area contributed by atoms with Crippen LogP contribution in [0.3, 0.4) is 0 Å². The molecule has 1 aromatic carbocycles. The standard InChI is InChI=1S/C14H16N2O3/c1-14(2)17-8-12(18-14)10-5-3-4-9(6-10)11-7-13(15)19-16-11/h3-7,12H,8,15H2,1-2H3. The van der Waals surface area contributed by atoms with Gasteiger partial charge in [0.2, 0.25) is 5.88 Å². The van der Waals surface area contributed by atoms with E-state index in [4.69, 9.17) is 19.7 Å². The third-order valence-corrected chi connectivity index (χ3v) is 3.09. The molecule has 1 atom stereocenters. The number of anilines is 1. The zero-order valence-corrected chi connectivity index (χ0v) is 10.9. The highest BCUT2D eigenvalue weighted by Crippen LogP contribution is 2.34. The smallest absolute Gasteiger partial charge is 0.222 e. The summed E-state index contributed by atoms with van der Waals surface area (Å²) in [6, 6.07) is 9.66. The lowest BCUT2D eigenvalue weighted by molar-refractivity contribution is -0.139. The Bertz CT molecular complexity index is 592. The van der Waals surface area contributed by atoms with Crippen LogP contribution in [0.15, 0.2) is 34.9 Å². The van der Waals surface area contributed by atoms with E-state index in [1.165, 1.54) is 0 Å².